The van der Waals surface area contributed by atoms with Crippen LogP contribution in [0.4, 0.5) is 0 Å². The Morgan fingerprint density at radius 1 is 1.30 bits per heavy atom. The van der Waals surface area contributed by atoms with Crippen LogP contribution in [0.3, 0.4) is 0 Å². The topological polar surface area (TPSA) is 47.0 Å². The van der Waals surface area contributed by atoms with Crippen molar-refractivity contribution in [3.63, 3.8) is 0 Å². The molecule has 0 saturated heterocycles. The van der Waals surface area contributed by atoms with E-state index in [1.165, 1.54) is 0 Å². The van der Waals surface area contributed by atoms with Crippen molar-refractivity contribution in [2.45, 2.75) is 26.8 Å². The number of hydrogen-bond donors (Lipinski definition) is 1. The van der Waals surface area contributed by atoms with Gasteiger partial charge in [-0.25, -0.2) is 4.98 Å². The zero-order valence-electron chi connectivity index (χ0n) is 11.7. The molecule has 0 fully saturated rings. The van der Waals surface area contributed by atoms with Crippen molar-refractivity contribution in [3.05, 3.63) is 46.2 Å². The molecule has 1 aromatic carbocycles. The van der Waals surface area contributed by atoms with Crippen LogP contribution in [0.15, 0.2) is 34.9 Å². The molecule has 1 aromatic heterocycles. The van der Waals surface area contributed by atoms with E-state index in [1.807, 2.05) is 37.4 Å². The Hall–Kier alpha value is -1.46. The van der Waals surface area contributed by atoms with Crippen LogP contribution in [-0.4, -0.2) is 16.5 Å². The predicted octanol–water partition coefficient (Wildman–Crippen LogP) is 3.84. The molecule has 5 heteroatoms. The lowest BCUT2D eigenvalue weighted by Crippen LogP contribution is -2.15. The van der Waals surface area contributed by atoms with Gasteiger partial charge in [0, 0.05) is 24.0 Å². The fraction of sp³-hybridized carbons (Fsp3) is 0.333. The van der Waals surface area contributed by atoms with E-state index in [0.29, 0.717) is 11.8 Å². The first-order valence-electron chi connectivity index (χ1n) is 6.66. The van der Waals surface area contributed by atoms with Gasteiger partial charge in [-0.3, -0.25) is 0 Å². The standard InChI is InChI=1S/C15H18BrN3O/c1-3-8-17-9-12-10-18-15(19-11(12)2)20-14-7-5-4-6-13(14)16/h4-7,10,17H,3,8-9H2,1-2H3. The predicted molar refractivity (Wildman–Crippen MR) is 83.0 cm³/mol. The summed E-state index contributed by atoms with van der Waals surface area (Å²) >= 11 is 3.44. The number of rotatable bonds is 6. The highest BCUT2D eigenvalue weighted by atomic mass is 79.9. The van der Waals surface area contributed by atoms with Crippen molar-refractivity contribution in [2.75, 3.05) is 6.54 Å². The van der Waals surface area contributed by atoms with Crippen molar-refractivity contribution in [1.82, 2.24) is 15.3 Å². The van der Waals surface area contributed by atoms with Crippen molar-refractivity contribution in [2.24, 2.45) is 0 Å². The lowest BCUT2D eigenvalue weighted by molar-refractivity contribution is 0.436. The highest BCUT2D eigenvalue weighted by Crippen LogP contribution is 2.27. The Labute approximate surface area is 127 Å². The molecule has 4 nitrogen and oxygen atoms in total. The lowest BCUT2D eigenvalue weighted by atomic mass is 10.2. The van der Waals surface area contributed by atoms with Crippen LogP contribution in [0.25, 0.3) is 0 Å². The van der Waals surface area contributed by atoms with Gasteiger partial charge in [-0.15, -0.1) is 0 Å². The second kappa shape index (κ2) is 7.36. The van der Waals surface area contributed by atoms with Crippen LogP contribution < -0.4 is 10.1 Å². The number of aryl methyl sites for hydroxylation is 1. The molecule has 2 aromatic rings. The summed E-state index contributed by atoms with van der Waals surface area (Å²) in [4.78, 5) is 8.65. The highest BCUT2D eigenvalue weighted by molar-refractivity contribution is 9.10. The molecular weight excluding hydrogens is 318 g/mol. The molecule has 1 heterocycles. The highest BCUT2D eigenvalue weighted by Gasteiger charge is 2.07. The molecule has 0 aliphatic heterocycles. The maximum atomic E-state index is 5.68. The number of nitrogens with one attached hydrogen (secondary N) is 1. The summed E-state index contributed by atoms with van der Waals surface area (Å²) in [6, 6.07) is 8.01. The molecular formula is C15H18BrN3O. The fourth-order valence-electron chi connectivity index (χ4n) is 1.72. The number of ether oxygens (including phenoxy) is 1. The van der Waals surface area contributed by atoms with Gasteiger partial charge in [0.25, 0.3) is 0 Å². The number of para-hydroxylation sites is 1. The molecule has 0 spiro atoms. The number of halogens is 1. The van der Waals surface area contributed by atoms with Crippen LogP contribution >= 0.6 is 15.9 Å². The van der Waals surface area contributed by atoms with Gasteiger partial charge in [-0.1, -0.05) is 19.1 Å². The van der Waals surface area contributed by atoms with Crippen LogP contribution in [0.1, 0.15) is 24.6 Å². The van der Waals surface area contributed by atoms with Crippen LogP contribution in [0.5, 0.6) is 11.8 Å². The first-order chi connectivity index (χ1) is 9.70. The third-order valence-corrected chi connectivity index (χ3v) is 3.49. The molecule has 0 saturated carbocycles. The van der Waals surface area contributed by atoms with Crippen LogP contribution in [0.2, 0.25) is 0 Å². The van der Waals surface area contributed by atoms with E-state index in [0.717, 1.165) is 35.2 Å². The molecule has 0 atom stereocenters. The minimum atomic E-state index is 0.369. The van der Waals surface area contributed by atoms with E-state index >= 15 is 0 Å². The molecule has 0 bridgehead atoms. The zero-order valence-corrected chi connectivity index (χ0v) is 13.3. The largest absolute Gasteiger partial charge is 0.423 e. The van der Waals surface area contributed by atoms with Gasteiger partial charge in [0.05, 0.1) is 4.47 Å². The van der Waals surface area contributed by atoms with Crippen molar-refractivity contribution >= 4 is 15.9 Å². The summed E-state index contributed by atoms with van der Waals surface area (Å²) < 4.78 is 6.57. The molecule has 0 unspecified atom stereocenters. The molecule has 0 amide bonds. The number of nitrogens with zero attached hydrogens (tertiary/aromatic N) is 2. The second-order valence-corrected chi connectivity index (χ2v) is 5.33. The Morgan fingerprint density at radius 3 is 2.80 bits per heavy atom. The Morgan fingerprint density at radius 2 is 2.10 bits per heavy atom. The SMILES string of the molecule is CCCNCc1cnc(Oc2ccccc2Br)nc1C. The minimum Gasteiger partial charge on any atom is -0.423 e. The summed E-state index contributed by atoms with van der Waals surface area (Å²) in [5, 5.41) is 3.34. The Kier molecular flexibility index (Phi) is 5.49. The van der Waals surface area contributed by atoms with E-state index in [9.17, 15) is 0 Å². The summed E-state index contributed by atoms with van der Waals surface area (Å²) in [6.07, 6.45) is 2.93. The normalized spacial score (nSPS) is 10.6. The summed E-state index contributed by atoms with van der Waals surface area (Å²) in [6.45, 7) is 5.90. The minimum absolute atomic E-state index is 0.369. The van der Waals surface area contributed by atoms with Gasteiger partial charge >= 0.3 is 6.01 Å². The Bertz CT molecular complexity index is 575. The van der Waals surface area contributed by atoms with Gasteiger partial charge in [0.2, 0.25) is 0 Å². The maximum absolute atomic E-state index is 5.68. The number of hydrogen-bond acceptors (Lipinski definition) is 4. The monoisotopic (exact) mass is 335 g/mol. The summed E-state index contributed by atoms with van der Waals surface area (Å²) in [7, 11) is 0. The molecule has 0 radical (unpaired) electrons. The van der Waals surface area contributed by atoms with E-state index in [2.05, 4.69) is 38.1 Å². The molecule has 2 rings (SSSR count). The average Bonchev–Trinajstić information content (AvgIpc) is 2.44. The van der Waals surface area contributed by atoms with E-state index in [-0.39, 0.29) is 0 Å². The first kappa shape index (κ1) is 14.9. The van der Waals surface area contributed by atoms with Crippen molar-refractivity contribution < 1.29 is 4.74 Å². The first-order valence-corrected chi connectivity index (χ1v) is 7.45. The number of aromatic nitrogens is 2. The van der Waals surface area contributed by atoms with Gasteiger partial charge < -0.3 is 10.1 Å². The molecule has 0 aliphatic carbocycles. The van der Waals surface area contributed by atoms with Gasteiger partial charge in [0.15, 0.2) is 0 Å². The lowest BCUT2D eigenvalue weighted by Gasteiger charge is -2.09. The van der Waals surface area contributed by atoms with E-state index in [4.69, 9.17) is 4.74 Å². The quantitative estimate of drug-likeness (QED) is 0.814. The van der Waals surface area contributed by atoms with Crippen LogP contribution in [0, 0.1) is 6.92 Å². The maximum Gasteiger partial charge on any atom is 0.322 e. The van der Waals surface area contributed by atoms with Gasteiger partial charge in [-0.2, -0.15) is 4.98 Å². The second-order valence-electron chi connectivity index (χ2n) is 4.47. The van der Waals surface area contributed by atoms with Crippen LogP contribution in [-0.2, 0) is 6.54 Å². The van der Waals surface area contributed by atoms with Gasteiger partial charge in [-0.05, 0) is 48.0 Å². The third-order valence-electron chi connectivity index (χ3n) is 2.84. The Balaban J connectivity index is 2.07. The van der Waals surface area contributed by atoms with Crippen molar-refractivity contribution in [1.29, 1.82) is 0 Å². The molecule has 106 valence electrons. The van der Waals surface area contributed by atoms with E-state index < -0.39 is 0 Å². The fourth-order valence-corrected chi connectivity index (χ4v) is 2.08. The number of benzene rings is 1. The molecule has 1 N–H and O–H groups in total. The zero-order chi connectivity index (χ0) is 14.4. The summed E-state index contributed by atoms with van der Waals surface area (Å²) in [5.41, 5.74) is 2.03. The third kappa shape index (κ3) is 4.02. The van der Waals surface area contributed by atoms with E-state index in [1.54, 1.807) is 0 Å². The van der Waals surface area contributed by atoms with Gasteiger partial charge in [0.1, 0.15) is 5.75 Å². The van der Waals surface area contributed by atoms with Crippen molar-refractivity contribution in [3.8, 4) is 11.8 Å². The molecule has 0 aliphatic rings. The summed E-state index contributed by atoms with van der Waals surface area (Å²) in [5.74, 6) is 0.712. The molecule has 20 heavy (non-hydrogen) atoms. The smallest absolute Gasteiger partial charge is 0.322 e. The average molecular weight is 336 g/mol.